The van der Waals surface area contributed by atoms with Crippen LogP contribution in [0, 0.1) is 0 Å². The van der Waals surface area contributed by atoms with E-state index in [-0.39, 0.29) is 24.5 Å². The Kier molecular flexibility index (Phi) is 4.11. The summed E-state index contributed by atoms with van der Waals surface area (Å²) in [5.74, 6) is 0.148. The van der Waals surface area contributed by atoms with Crippen LogP contribution in [0.15, 0.2) is 16.1 Å². The molecular weight excluding hydrogens is 304 g/mol. The quantitative estimate of drug-likeness (QED) is 0.485. The molecule has 0 spiro atoms. The predicted molar refractivity (Wildman–Crippen MR) is 81.6 cm³/mol. The summed E-state index contributed by atoms with van der Waals surface area (Å²) in [7, 11) is 3.60. The minimum atomic E-state index is -0.782. The zero-order valence-electron chi connectivity index (χ0n) is 12.7. The number of aliphatic hydroxyl groups is 2. The molecule has 124 valence electrons. The maximum absolute atomic E-state index is 12.1. The van der Waals surface area contributed by atoms with E-state index >= 15 is 0 Å². The Morgan fingerprint density at radius 3 is 3.04 bits per heavy atom. The Labute approximate surface area is 131 Å². The van der Waals surface area contributed by atoms with Crippen LogP contribution in [0.2, 0.25) is 0 Å². The number of nitrogens with zero attached hydrogens (tertiary/aromatic N) is 5. The van der Waals surface area contributed by atoms with Crippen molar-refractivity contribution < 1.29 is 14.9 Å². The van der Waals surface area contributed by atoms with E-state index in [1.54, 1.807) is 23.6 Å². The number of hydrogen-bond acceptors (Lipinski definition) is 7. The monoisotopic (exact) mass is 322 g/mol. The summed E-state index contributed by atoms with van der Waals surface area (Å²) in [6.07, 6.45) is 1.24. The molecule has 3 heterocycles. The molecule has 23 heavy (non-hydrogen) atoms. The number of fused-ring (bicyclic) bond motifs is 1. The van der Waals surface area contributed by atoms with Gasteiger partial charge in [-0.15, -0.1) is 0 Å². The lowest BCUT2D eigenvalue weighted by Crippen LogP contribution is -2.24. The van der Waals surface area contributed by atoms with Crippen molar-refractivity contribution >= 4 is 23.5 Å². The summed E-state index contributed by atoms with van der Waals surface area (Å²) in [4.78, 5) is 28.7. The zero-order valence-corrected chi connectivity index (χ0v) is 12.7. The fourth-order valence-corrected chi connectivity index (χ4v) is 2.41. The van der Waals surface area contributed by atoms with E-state index in [0.29, 0.717) is 5.65 Å². The molecule has 0 aliphatic carbocycles. The molecule has 0 amide bonds. The van der Waals surface area contributed by atoms with Gasteiger partial charge in [0.25, 0.3) is 5.56 Å². The van der Waals surface area contributed by atoms with Gasteiger partial charge < -0.3 is 19.8 Å². The van der Waals surface area contributed by atoms with E-state index in [2.05, 4.69) is 19.9 Å². The number of aromatic nitrogens is 4. The SMILES string of the molecule is CN(C)C=Nc1nc2c(ncn2[C@H]2CC(O)[C@@H](CO)O2)c(=O)[nH]1. The van der Waals surface area contributed by atoms with Crippen LogP contribution in [0.5, 0.6) is 0 Å². The van der Waals surface area contributed by atoms with Gasteiger partial charge in [-0.05, 0) is 0 Å². The fourth-order valence-electron chi connectivity index (χ4n) is 2.41. The highest BCUT2D eigenvalue weighted by atomic mass is 16.5. The Balaban J connectivity index is 2.00. The second-order valence-corrected chi connectivity index (χ2v) is 5.54. The molecule has 1 unspecified atom stereocenters. The maximum Gasteiger partial charge on any atom is 0.280 e. The van der Waals surface area contributed by atoms with Crippen molar-refractivity contribution in [3.8, 4) is 0 Å². The molecule has 0 aromatic carbocycles. The van der Waals surface area contributed by atoms with Gasteiger partial charge >= 0.3 is 0 Å². The molecule has 1 fully saturated rings. The van der Waals surface area contributed by atoms with Gasteiger partial charge in [0.2, 0.25) is 5.95 Å². The minimum absolute atomic E-state index is 0.148. The van der Waals surface area contributed by atoms with Crippen LogP contribution in [-0.2, 0) is 4.74 Å². The van der Waals surface area contributed by atoms with Crippen molar-refractivity contribution in [3.05, 3.63) is 16.7 Å². The van der Waals surface area contributed by atoms with Crippen LogP contribution >= 0.6 is 0 Å². The normalized spacial score (nSPS) is 24.8. The topological polar surface area (TPSA) is 129 Å². The number of aliphatic hydroxyl groups excluding tert-OH is 2. The second-order valence-electron chi connectivity index (χ2n) is 5.54. The molecule has 3 N–H and O–H groups in total. The number of ether oxygens (including phenoxy) is 1. The molecule has 3 atom stereocenters. The van der Waals surface area contributed by atoms with Crippen molar-refractivity contribution in [3.63, 3.8) is 0 Å². The molecule has 1 aliphatic heterocycles. The van der Waals surface area contributed by atoms with E-state index in [4.69, 9.17) is 4.74 Å². The van der Waals surface area contributed by atoms with Crippen LogP contribution < -0.4 is 5.56 Å². The number of H-pyrrole nitrogens is 1. The first-order valence-electron chi connectivity index (χ1n) is 7.11. The van der Waals surface area contributed by atoms with E-state index in [1.165, 1.54) is 12.7 Å². The van der Waals surface area contributed by atoms with Crippen molar-refractivity contribution in [2.75, 3.05) is 20.7 Å². The van der Waals surface area contributed by atoms with E-state index < -0.39 is 24.0 Å². The lowest BCUT2D eigenvalue weighted by atomic mass is 10.2. The highest BCUT2D eigenvalue weighted by Crippen LogP contribution is 2.30. The number of rotatable bonds is 4. The molecule has 2 aromatic rings. The molecule has 2 aromatic heterocycles. The van der Waals surface area contributed by atoms with Crippen LogP contribution in [0.25, 0.3) is 11.2 Å². The third-order valence-electron chi connectivity index (χ3n) is 3.53. The van der Waals surface area contributed by atoms with Gasteiger partial charge in [-0.3, -0.25) is 14.3 Å². The molecule has 10 heteroatoms. The van der Waals surface area contributed by atoms with Crippen molar-refractivity contribution in [2.24, 2.45) is 4.99 Å². The van der Waals surface area contributed by atoms with E-state index in [9.17, 15) is 15.0 Å². The number of aromatic amines is 1. The summed E-state index contributed by atoms with van der Waals surface area (Å²) in [5.41, 5.74) is 0.0756. The number of nitrogens with one attached hydrogen (secondary N) is 1. The molecule has 3 rings (SSSR count). The van der Waals surface area contributed by atoms with E-state index in [1.807, 2.05) is 0 Å². The molecule has 10 nitrogen and oxygen atoms in total. The highest BCUT2D eigenvalue weighted by Gasteiger charge is 2.35. The average Bonchev–Trinajstić information content (AvgIpc) is 3.08. The Morgan fingerprint density at radius 2 is 2.39 bits per heavy atom. The van der Waals surface area contributed by atoms with Gasteiger partial charge in [-0.25, -0.2) is 9.98 Å². The predicted octanol–water partition coefficient (Wildman–Crippen LogP) is -1.02. The fraction of sp³-hybridized carbons (Fsp3) is 0.538. The second kappa shape index (κ2) is 6.07. The van der Waals surface area contributed by atoms with Crippen molar-refractivity contribution in [1.82, 2.24) is 24.4 Å². The van der Waals surface area contributed by atoms with Crippen LogP contribution in [0.3, 0.4) is 0 Å². The third kappa shape index (κ3) is 2.96. The Hall–Kier alpha value is -2.30. The highest BCUT2D eigenvalue weighted by molar-refractivity contribution is 5.71. The van der Waals surface area contributed by atoms with Crippen molar-refractivity contribution in [1.29, 1.82) is 0 Å². The van der Waals surface area contributed by atoms with Crippen LogP contribution in [0.4, 0.5) is 5.95 Å². The first kappa shape index (κ1) is 15.6. The zero-order chi connectivity index (χ0) is 16.6. The molecule has 0 bridgehead atoms. The smallest absolute Gasteiger partial charge is 0.280 e. The van der Waals surface area contributed by atoms with Gasteiger partial charge in [0.1, 0.15) is 12.3 Å². The van der Waals surface area contributed by atoms with Gasteiger partial charge in [-0.1, -0.05) is 0 Å². The summed E-state index contributed by atoms with van der Waals surface area (Å²) in [6, 6.07) is 0. The summed E-state index contributed by atoms with van der Waals surface area (Å²) in [5, 5.41) is 19.0. The number of hydrogen-bond donors (Lipinski definition) is 3. The van der Waals surface area contributed by atoms with E-state index in [0.717, 1.165) is 0 Å². The molecule has 0 saturated carbocycles. The van der Waals surface area contributed by atoms with Crippen molar-refractivity contribution in [2.45, 2.75) is 24.9 Å². The number of imidazole rings is 1. The van der Waals surface area contributed by atoms with Gasteiger partial charge in [0.05, 0.1) is 25.4 Å². The Morgan fingerprint density at radius 1 is 1.61 bits per heavy atom. The molecular formula is C13H18N6O4. The average molecular weight is 322 g/mol. The molecule has 1 saturated heterocycles. The summed E-state index contributed by atoms with van der Waals surface area (Å²) in [6.45, 7) is -0.281. The maximum atomic E-state index is 12.1. The van der Waals surface area contributed by atoms with Crippen LogP contribution in [0.1, 0.15) is 12.6 Å². The van der Waals surface area contributed by atoms with Gasteiger partial charge in [0, 0.05) is 20.5 Å². The molecule has 1 aliphatic rings. The third-order valence-corrected chi connectivity index (χ3v) is 3.53. The summed E-state index contributed by atoms with van der Waals surface area (Å²) < 4.78 is 7.14. The first-order chi connectivity index (χ1) is 11.0. The number of aliphatic imine (C=N–C) groups is 1. The summed E-state index contributed by atoms with van der Waals surface area (Å²) >= 11 is 0. The largest absolute Gasteiger partial charge is 0.394 e. The minimum Gasteiger partial charge on any atom is -0.394 e. The standard InChI is InChI=1S/C13H18N6O4/c1-18(2)5-15-13-16-11-10(12(22)17-13)14-6-19(11)9-3-7(21)8(4-20)23-9/h5-9,20-21H,3-4H2,1-2H3,(H,16,17,22)/t7?,8-,9-/m1/s1. The van der Waals surface area contributed by atoms with Gasteiger partial charge in [-0.2, -0.15) is 4.98 Å². The first-order valence-corrected chi connectivity index (χ1v) is 7.11. The lowest BCUT2D eigenvalue weighted by Gasteiger charge is -2.13. The Bertz CT molecular complexity index is 782. The van der Waals surface area contributed by atoms with Crippen LogP contribution in [-0.4, -0.2) is 73.9 Å². The van der Waals surface area contributed by atoms with Gasteiger partial charge in [0.15, 0.2) is 11.2 Å². The lowest BCUT2D eigenvalue weighted by molar-refractivity contribution is -0.0432. The molecule has 0 radical (unpaired) electrons.